The van der Waals surface area contributed by atoms with Crippen molar-refractivity contribution in [3.8, 4) is 5.75 Å². The molecule has 0 radical (unpaired) electrons. The molecular weight excluding hydrogens is 436 g/mol. The Kier molecular flexibility index (Phi) is 6.70. The maximum absolute atomic E-state index is 13.0. The van der Waals surface area contributed by atoms with Crippen molar-refractivity contribution in [2.75, 3.05) is 16.2 Å². The standard InChI is InChI=1S/C26H28N2O4S/c1-3-15-32-25-13-11-23(16-19(25)2)33(30,31)27-22-10-12-24-21(17-22)9-14-26(29)28(24)18-20-7-5-4-6-8-20/h4-8,10-13,16-17,27H,3,9,14-15,18H2,1-2H3. The maximum atomic E-state index is 13.0. The Balaban J connectivity index is 1.55. The first-order valence-electron chi connectivity index (χ1n) is 11.1. The van der Waals surface area contributed by atoms with E-state index in [4.69, 9.17) is 4.74 Å². The normalized spacial score (nSPS) is 13.5. The number of hydrogen-bond acceptors (Lipinski definition) is 4. The highest BCUT2D eigenvalue weighted by atomic mass is 32.2. The smallest absolute Gasteiger partial charge is 0.261 e. The number of amides is 1. The lowest BCUT2D eigenvalue weighted by Crippen LogP contribution is -2.34. The second-order valence-corrected chi connectivity index (χ2v) is 9.87. The van der Waals surface area contributed by atoms with E-state index in [0.29, 0.717) is 37.4 Å². The molecule has 0 saturated carbocycles. The topological polar surface area (TPSA) is 75.7 Å². The second kappa shape index (κ2) is 9.67. The second-order valence-electron chi connectivity index (χ2n) is 8.19. The Hall–Kier alpha value is -3.32. The predicted octanol–water partition coefficient (Wildman–Crippen LogP) is 5.06. The van der Waals surface area contributed by atoms with Crippen molar-refractivity contribution < 1.29 is 17.9 Å². The summed E-state index contributed by atoms with van der Waals surface area (Å²) in [6, 6.07) is 20.0. The molecule has 172 valence electrons. The van der Waals surface area contributed by atoms with E-state index in [9.17, 15) is 13.2 Å². The van der Waals surface area contributed by atoms with Crippen molar-refractivity contribution >= 4 is 27.3 Å². The number of rotatable bonds is 8. The summed E-state index contributed by atoms with van der Waals surface area (Å²) in [6.45, 7) is 4.93. The molecule has 0 aromatic heterocycles. The van der Waals surface area contributed by atoms with Crippen LogP contribution in [0.2, 0.25) is 0 Å². The fraction of sp³-hybridized carbons (Fsp3) is 0.269. The number of benzene rings is 3. The lowest BCUT2D eigenvalue weighted by atomic mass is 10.00. The number of nitrogens with zero attached hydrogens (tertiary/aromatic N) is 1. The van der Waals surface area contributed by atoms with Crippen LogP contribution in [0.15, 0.2) is 71.6 Å². The minimum absolute atomic E-state index is 0.0699. The van der Waals surface area contributed by atoms with Crippen LogP contribution in [-0.2, 0) is 27.8 Å². The van der Waals surface area contributed by atoms with Crippen LogP contribution < -0.4 is 14.4 Å². The van der Waals surface area contributed by atoms with Crippen LogP contribution in [0, 0.1) is 6.92 Å². The van der Waals surface area contributed by atoms with Crippen molar-refractivity contribution in [1.82, 2.24) is 0 Å². The number of ether oxygens (including phenoxy) is 1. The highest BCUT2D eigenvalue weighted by Gasteiger charge is 2.25. The van der Waals surface area contributed by atoms with Crippen molar-refractivity contribution in [2.24, 2.45) is 0 Å². The zero-order valence-electron chi connectivity index (χ0n) is 18.9. The molecular formula is C26H28N2O4S. The average molecular weight is 465 g/mol. The van der Waals surface area contributed by atoms with Gasteiger partial charge in [-0.05, 0) is 72.9 Å². The number of anilines is 2. The van der Waals surface area contributed by atoms with Crippen LogP contribution in [0.5, 0.6) is 5.75 Å². The maximum Gasteiger partial charge on any atom is 0.261 e. The Morgan fingerprint density at radius 3 is 2.52 bits per heavy atom. The van der Waals surface area contributed by atoms with Gasteiger partial charge in [0, 0.05) is 17.8 Å². The highest BCUT2D eigenvalue weighted by Crippen LogP contribution is 2.32. The summed E-state index contributed by atoms with van der Waals surface area (Å²) in [6.07, 6.45) is 1.86. The number of carbonyl (C=O) groups is 1. The van der Waals surface area contributed by atoms with Gasteiger partial charge in [0.05, 0.1) is 18.0 Å². The Morgan fingerprint density at radius 2 is 1.79 bits per heavy atom. The summed E-state index contributed by atoms with van der Waals surface area (Å²) in [4.78, 5) is 14.5. The van der Waals surface area contributed by atoms with Gasteiger partial charge in [0.25, 0.3) is 10.0 Å². The number of aryl methyl sites for hydroxylation is 2. The third-order valence-electron chi connectivity index (χ3n) is 5.63. The molecule has 1 amide bonds. The Labute approximate surface area is 195 Å². The van der Waals surface area contributed by atoms with Crippen molar-refractivity contribution in [1.29, 1.82) is 0 Å². The molecule has 0 bridgehead atoms. The summed E-state index contributed by atoms with van der Waals surface area (Å²) in [5.41, 5.74) is 4.07. The molecule has 1 aliphatic rings. The van der Waals surface area contributed by atoms with E-state index in [0.717, 1.165) is 28.8 Å². The van der Waals surface area contributed by atoms with Gasteiger partial charge in [-0.25, -0.2) is 8.42 Å². The fourth-order valence-corrected chi connectivity index (χ4v) is 5.07. The molecule has 3 aromatic rings. The van der Waals surface area contributed by atoms with Gasteiger partial charge in [-0.1, -0.05) is 37.3 Å². The van der Waals surface area contributed by atoms with E-state index in [1.54, 1.807) is 29.2 Å². The van der Waals surface area contributed by atoms with Crippen LogP contribution in [-0.4, -0.2) is 20.9 Å². The molecule has 0 saturated heterocycles. The fourth-order valence-electron chi connectivity index (χ4n) is 3.94. The van der Waals surface area contributed by atoms with Gasteiger partial charge in [-0.15, -0.1) is 0 Å². The third kappa shape index (κ3) is 5.20. The van der Waals surface area contributed by atoms with Gasteiger partial charge < -0.3 is 9.64 Å². The van der Waals surface area contributed by atoms with Crippen molar-refractivity contribution in [3.63, 3.8) is 0 Å². The molecule has 0 unspecified atom stereocenters. The van der Waals surface area contributed by atoms with Gasteiger partial charge in [-0.3, -0.25) is 9.52 Å². The van der Waals surface area contributed by atoms with E-state index in [1.807, 2.05) is 56.3 Å². The molecule has 0 fully saturated rings. The van der Waals surface area contributed by atoms with Crippen LogP contribution in [0.25, 0.3) is 0 Å². The molecule has 6 nitrogen and oxygen atoms in total. The Bertz CT molecular complexity index is 1260. The first-order chi connectivity index (χ1) is 15.9. The van der Waals surface area contributed by atoms with Crippen molar-refractivity contribution in [3.05, 3.63) is 83.4 Å². The largest absolute Gasteiger partial charge is 0.493 e. The van der Waals surface area contributed by atoms with Crippen LogP contribution >= 0.6 is 0 Å². The average Bonchev–Trinajstić information content (AvgIpc) is 2.80. The summed E-state index contributed by atoms with van der Waals surface area (Å²) < 4.78 is 34.3. The van der Waals surface area contributed by atoms with Crippen LogP contribution in [0.3, 0.4) is 0 Å². The number of fused-ring (bicyclic) bond motifs is 1. The van der Waals surface area contributed by atoms with Gasteiger partial charge in [-0.2, -0.15) is 0 Å². The predicted molar refractivity (Wildman–Crippen MR) is 130 cm³/mol. The van der Waals surface area contributed by atoms with E-state index in [2.05, 4.69) is 4.72 Å². The summed E-state index contributed by atoms with van der Waals surface area (Å²) in [7, 11) is -3.76. The van der Waals surface area contributed by atoms with Gasteiger partial charge in [0.15, 0.2) is 0 Å². The molecule has 4 rings (SSSR count). The highest BCUT2D eigenvalue weighted by molar-refractivity contribution is 7.92. The molecule has 0 atom stereocenters. The summed E-state index contributed by atoms with van der Waals surface area (Å²) >= 11 is 0. The minimum Gasteiger partial charge on any atom is -0.493 e. The van der Waals surface area contributed by atoms with Gasteiger partial charge in [0.2, 0.25) is 5.91 Å². The lowest BCUT2D eigenvalue weighted by Gasteiger charge is -2.30. The van der Waals surface area contributed by atoms with E-state index in [1.165, 1.54) is 0 Å². The molecule has 33 heavy (non-hydrogen) atoms. The summed E-state index contributed by atoms with van der Waals surface area (Å²) in [5, 5.41) is 0. The van der Waals surface area contributed by atoms with E-state index >= 15 is 0 Å². The van der Waals surface area contributed by atoms with Gasteiger partial charge >= 0.3 is 0 Å². The third-order valence-corrected chi connectivity index (χ3v) is 7.01. The molecule has 1 N–H and O–H groups in total. The molecule has 7 heteroatoms. The molecule has 0 spiro atoms. The first kappa shape index (κ1) is 22.9. The zero-order chi connectivity index (χ0) is 23.4. The lowest BCUT2D eigenvalue weighted by molar-refractivity contribution is -0.119. The van der Waals surface area contributed by atoms with Crippen molar-refractivity contribution in [2.45, 2.75) is 44.6 Å². The number of hydrogen-bond donors (Lipinski definition) is 1. The van der Waals surface area contributed by atoms with Crippen LogP contribution in [0.1, 0.15) is 36.5 Å². The SMILES string of the molecule is CCCOc1ccc(S(=O)(=O)Nc2ccc3c(c2)CCC(=O)N3Cc2ccccc2)cc1C. The molecule has 3 aromatic carbocycles. The Morgan fingerprint density at radius 1 is 1.00 bits per heavy atom. The monoisotopic (exact) mass is 464 g/mol. The molecule has 0 aliphatic carbocycles. The van der Waals surface area contributed by atoms with Crippen LogP contribution in [0.4, 0.5) is 11.4 Å². The number of carbonyl (C=O) groups excluding carboxylic acids is 1. The van der Waals surface area contributed by atoms with E-state index in [-0.39, 0.29) is 10.8 Å². The summed E-state index contributed by atoms with van der Waals surface area (Å²) in [5.74, 6) is 0.758. The number of sulfonamides is 1. The zero-order valence-corrected chi connectivity index (χ0v) is 19.7. The first-order valence-corrected chi connectivity index (χ1v) is 12.6. The molecule has 1 heterocycles. The number of nitrogens with one attached hydrogen (secondary N) is 1. The molecule has 1 aliphatic heterocycles. The minimum atomic E-state index is -3.76. The quantitative estimate of drug-likeness (QED) is 0.505. The van der Waals surface area contributed by atoms with Gasteiger partial charge in [0.1, 0.15) is 5.75 Å². The van der Waals surface area contributed by atoms with E-state index < -0.39 is 10.0 Å².